The third kappa shape index (κ3) is 5.62. The van der Waals surface area contributed by atoms with Gasteiger partial charge in [0.05, 0.1) is 6.61 Å². The molecule has 1 aliphatic heterocycles. The first kappa shape index (κ1) is 22.6. The molecule has 0 atom stereocenters. The Balaban J connectivity index is 1.56. The fraction of sp³-hybridized carbons (Fsp3) is 0.357. The standard InChI is InChI=1S/C28H35NO2Si/c1-2-3-22-32(27-10-6-4-7-11-27,28-12-8-5-9-13-28)31-26-16-14-25(15-17-26)30-23-24-18-20-29-21-19-24/h4-17,24,29H,2-3,18-23H2,1H3. The third-order valence-corrected chi connectivity index (χ3v) is 10.6. The summed E-state index contributed by atoms with van der Waals surface area (Å²) in [7, 11) is -2.42. The van der Waals surface area contributed by atoms with E-state index in [1.165, 1.54) is 23.2 Å². The number of rotatable bonds is 10. The van der Waals surface area contributed by atoms with Crippen molar-refractivity contribution in [3.8, 4) is 11.5 Å². The topological polar surface area (TPSA) is 30.5 Å². The molecule has 32 heavy (non-hydrogen) atoms. The molecule has 0 saturated carbocycles. The molecule has 1 aliphatic rings. The molecule has 0 amide bonds. The van der Waals surface area contributed by atoms with Crippen LogP contribution in [0, 0.1) is 5.92 Å². The minimum Gasteiger partial charge on any atom is -0.535 e. The first-order valence-corrected chi connectivity index (χ1v) is 14.2. The van der Waals surface area contributed by atoms with Crippen molar-refractivity contribution in [3.05, 3.63) is 84.9 Å². The maximum absolute atomic E-state index is 7.00. The van der Waals surface area contributed by atoms with Gasteiger partial charge in [-0.1, -0.05) is 80.4 Å². The molecule has 3 aromatic carbocycles. The molecule has 0 aliphatic carbocycles. The maximum Gasteiger partial charge on any atom is 0.314 e. The molecule has 168 valence electrons. The number of benzene rings is 3. The van der Waals surface area contributed by atoms with Gasteiger partial charge < -0.3 is 14.5 Å². The summed E-state index contributed by atoms with van der Waals surface area (Å²) < 4.78 is 13.1. The van der Waals surface area contributed by atoms with Crippen LogP contribution >= 0.6 is 0 Å². The van der Waals surface area contributed by atoms with Crippen molar-refractivity contribution in [1.82, 2.24) is 5.32 Å². The van der Waals surface area contributed by atoms with Crippen LogP contribution in [-0.2, 0) is 0 Å². The number of ether oxygens (including phenoxy) is 1. The van der Waals surface area contributed by atoms with Crippen LogP contribution in [0.2, 0.25) is 6.04 Å². The van der Waals surface area contributed by atoms with E-state index < -0.39 is 8.32 Å². The van der Waals surface area contributed by atoms with Gasteiger partial charge in [-0.2, -0.15) is 0 Å². The molecule has 0 radical (unpaired) electrons. The summed E-state index contributed by atoms with van der Waals surface area (Å²) in [5, 5.41) is 6.07. The lowest BCUT2D eigenvalue weighted by Crippen LogP contribution is -2.63. The van der Waals surface area contributed by atoms with Crippen LogP contribution in [0.15, 0.2) is 84.9 Å². The van der Waals surface area contributed by atoms with E-state index in [0.29, 0.717) is 5.92 Å². The van der Waals surface area contributed by atoms with Gasteiger partial charge in [0.25, 0.3) is 0 Å². The highest BCUT2D eigenvalue weighted by molar-refractivity contribution is 6.98. The lowest BCUT2D eigenvalue weighted by atomic mass is 9.99. The molecule has 1 fully saturated rings. The molecule has 0 spiro atoms. The van der Waals surface area contributed by atoms with Gasteiger partial charge in [-0.05, 0) is 72.5 Å². The van der Waals surface area contributed by atoms with Gasteiger partial charge in [0.15, 0.2) is 0 Å². The Morgan fingerprint density at radius 3 is 1.91 bits per heavy atom. The first-order chi connectivity index (χ1) is 15.8. The normalized spacial score (nSPS) is 14.8. The predicted molar refractivity (Wildman–Crippen MR) is 136 cm³/mol. The Bertz CT molecular complexity index is 885. The van der Waals surface area contributed by atoms with Crippen molar-refractivity contribution in [2.24, 2.45) is 5.92 Å². The molecule has 1 heterocycles. The number of nitrogens with one attached hydrogen (secondary N) is 1. The zero-order valence-electron chi connectivity index (χ0n) is 19.1. The third-order valence-electron chi connectivity index (χ3n) is 6.42. The van der Waals surface area contributed by atoms with E-state index in [1.54, 1.807) is 0 Å². The van der Waals surface area contributed by atoms with E-state index in [4.69, 9.17) is 9.16 Å². The second-order valence-electron chi connectivity index (χ2n) is 8.74. The second kappa shape index (κ2) is 11.3. The lowest BCUT2D eigenvalue weighted by molar-refractivity contribution is 0.215. The molecule has 1 N–H and O–H groups in total. The largest absolute Gasteiger partial charge is 0.535 e. The van der Waals surface area contributed by atoms with Crippen LogP contribution in [0.25, 0.3) is 0 Å². The summed E-state index contributed by atoms with van der Waals surface area (Å²) in [4.78, 5) is 0. The van der Waals surface area contributed by atoms with Gasteiger partial charge in [-0.3, -0.25) is 0 Å². The number of piperidine rings is 1. The molecule has 0 aromatic heterocycles. The van der Waals surface area contributed by atoms with Gasteiger partial charge in [0, 0.05) is 0 Å². The van der Waals surface area contributed by atoms with E-state index in [0.717, 1.165) is 50.1 Å². The van der Waals surface area contributed by atoms with Gasteiger partial charge in [-0.15, -0.1) is 0 Å². The van der Waals surface area contributed by atoms with E-state index in [1.807, 2.05) is 0 Å². The summed E-state index contributed by atoms with van der Waals surface area (Å²) in [6.07, 6.45) is 4.69. The maximum atomic E-state index is 7.00. The van der Waals surface area contributed by atoms with E-state index in [-0.39, 0.29) is 0 Å². The highest BCUT2D eigenvalue weighted by Gasteiger charge is 2.41. The minimum absolute atomic E-state index is 0.650. The van der Waals surface area contributed by atoms with Crippen molar-refractivity contribution in [3.63, 3.8) is 0 Å². The number of unbranched alkanes of at least 4 members (excludes halogenated alkanes) is 1. The molecule has 0 unspecified atom stereocenters. The predicted octanol–water partition coefficient (Wildman–Crippen LogP) is 5.00. The van der Waals surface area contributed by atoms with E-state index in [2.05, 4.69) is 97.2 Å². The average Bonchev–Trinajstić information content (AvgIpc) is 2.88. The van der Waals surface area contributed by atoms with Crippen molar-refractivity contribution < 1.29 is 9.16 Å². The van der Waals surface area contributed by atoms with Gasteiger partial charge >= 0.3 is 8.32 Å². The molecular formula is C28H35NO2Si. The monoisotopic (exact) mass is 445 g/mol. The van der Waals surface area contributed by atoms with Crippen molar-refractivity contribution >= 4 is 18.7 Å². The SMILES string of the molecule is CCCC[Si](Oc1ccc(OCC2CCNCC2)cc1)(c1ccccc1)c1ccccc1. The van der Waals surface area contributed by atoms with Crippen molar-refractivity contribution in [1.29, 1.82) is 0 Å². The fourth-order valence-electron chi connectivity index (χ4n) is 4.53. The molecule has 0 bridgehead atoms. The highest BCUT2D eigenvalue weighted by atomic mass is 28.4. The first-order valence-electron chi connectivity index (χ1n) is 12.0. The van der Waals surface area contributed by atoms with E-state index in [9.17, 15) is 0 Å². The Kier molecular flexibility index (Phi) is 8.02. The summed E-state index contributed by atoms with van der Waals surface area (Å²) in [6, 6.07) is 31.0. The van der Waals surface area contributed by atoms with Gasteiger partial charge in [0.2, 0.25) is 0 Å². The Morgan fingerprint density at radius 1 is 0.781 bits per heavy atom. The van der Waals surface area contributed by atoms with Crippen LogP contribution in [0.4, 0.5) is 0 Å². The Morgan fingerprint density at radius 2 is 1.34 bits per heavy atom. The second-order valence-corrected chi connectivity index (χ2v) is 12.3. The quantitative estimate of drug-likeness (QED) is 0.445. The molecule has 4 heteroatoms. The molecular weight excluding hydrogens is 410 g/mol. The zero-order chi connectivity index (χ0) is 22.1. The van der Waals surface area contributed by atoms with Crippen molar-refractivity contribution in [2.75, 3.05) is 19.7 Å². The molecule has 3 aromatic rings. The van der Waals surface area contributed by atoms with Gasteiger partial charge in [0.1, 0.15) is 11.5 Å². The summed E-state index contributed by atoms with van der Waals surface area (Å²) in [6.45, 7) is 5.25. The smallest absolute Gasteiger partial charge is 0.314 e. The van der Waals surface area contributed by atoms with Crippen molar-refractivity contribution in [2.45, 2.75) is 38.7 Å². The van der Waals surface area contributed by atoms with Crippen LogP contribution in [0.1, 0.15) is 32.6 Å². The van der Waals surface area contributed by atoms with Crippen LogP contribution < -0.4 is 24.9 Å². The minimum atomic E-state index is -2.42. The Hall–Kier alpha value is -2.56. The number of hydrogen-bond donors (Lipinski definition) is 1. The van der Waals surface area contributed by atoms with Crippen LogP contribution in [0.5, 0.6) is 11.5 Å². The fourth-order valence-corrected chi connectivity index (χ4v) is 8.63. The summed E-state index contributed by atoms with van der Waals surface area (Å²) >= 11 is 0. The summed E-state index contributed by atoms with van der Waals surface area (Å²) in [5.41, 5.74) is 0. The molecule has 1 saturated heterocycles. The van der Waals surface area contributed by atoms with Gasteiger partial charge in [-0.25, -0.2) is 0 Å². The van der Waals surface area contributed by atoms with Crippen LogP contribution in [-0.4, -0.2) is 28.0 Å². The summed E-state index contributed by atoms with van der Waals surface area (Å²) in [5.74, 6) is 2.50. The molecule has 3 nitrogen and oxygen atoms in total. The molecule has 4 rings (SSSR count). The number of hydrogen-bond acceptors (Lipinski definition) is 3. The average molecular weight is 446 g/mol. The zero-order valence-corrected chi connectivity index (χ0v) is 20.1. The highest BCUT2D eigenvalue weighted by Crippen LogP contribution is 2.25. The Labute approximate surface area is 193 Å². The van der Waals surface area contributed by atoms with Crippen LogP contribution in [0.3, 0.4) is 0 Å². The lowest BCUT2D eigenvalue weighted by Gasteiger charge is -2.33. The van der Waals surface area contributed by atoms with E-state index >= 15 is 0 Å².